The van der Waals surface area contributed by atoms with E-state index in [0.717, 1.165) is 18.6 Å². The molecule has 0 aliphatic rings. The highest BCUT2D eigenvalue weighted by molar-refractivity contribution is 5.31. The van der Waals surface area contributed by atoms with Crippen LogP contribution in [-0.2, 0) is 6.61 Å². The summed E-state index contributed by atoms with van der Waals surface area (Å²) in [5, 5.41) is 3.06. The van der Waals surface area contributed by atoms with Crippen molar-refractivity contribution in [1.82, 2.24) is 9.97 Å². The van der Waals surface area contributed by atoms with Gasteiger partial charge in [0.15, 0.2) is 5.82 Å². The Kier molecular flexibility index (Phi) is 9.45. The third-order valence-electron chi connectivity index (χ3n) is 4.33. The van der Waals surface area contributed by atoms with E-state index in [2.05, 4.69) is 46.5 Å². The zero-order chi connectivity index (χ0) is 20.9. The summed E-state index contributed by atoms with van der Waals surface area (Å²) in [5.74, 6) is 1.29. The molecule has 0 radical (unpaired) electrons. The van der Waals surface area contributed by atoms with E-state index >= 15 is 0 Å². The number of aromatic amines is 1. The van der Waals surface area contributed by atoms with E-state index in [1.165, 1.54) is 17.3 Å². The molecule has 6 nitrogen and oxygen atoms in total. The molecule has 0 aliphatic heterocycles. The van der Waals surface area contributed by atoms with Gasteiger partial charge in [0.25, 0.3) is 5.56 Å². The summed E-state index contributed by atoms with van der Waals surface area (Å²) in [5.41, 5.74) is 7.70. The molecule has 0 fully saturated rings. The zero-order valence-electron chi connectivity index (χ0n) is 17.1. The molecule has 6 heteroatoms. The third kappa shape index (κ3) is 8.19. The van der Waals surface area contributed by atoms with Gasteiger partial charge < -0.3 is 20.8 Å². The van der Waals surface area contributed by atoms with Crippen LogP contribution in [0.5, 0.6) is 5.75 Å². The Morgan fingerprint density at radius 2 is 1.86 bits per heavy atom. The molecule has 1 unspecified atom stereocenters. The van der Waals surface area contributed by atoms with Gasteiger partial charge in [-0.3, -0.25) is 4.79 Å². The van der Waals surface area contributed by atoms with Crippen LogP contribution < -0.4 is 21.3 Å². The molecule has 0 bridgehead atoms. The molecule has 0 aliphatic carbocycles. The summed E-state index contributed by atoms with van der Waals surface area (Å²) in [6, 6.07) is 18.5. The van der Waals surface area contributed by atoms with E-state index in [1.807, 2.05) is 37.3 Å². The first kappa shape index (κ1) is 22.2. The van der Waals surface area contributed by atoms with Crippen LogP contribution in [0.25, 0.3) is 0 Å². The van der Waals surface area contributed by atoms with E-state index in [4.69, 9.17) is 10.5 Å². The van der Waals surface area contributed by atoms with Crippen LogP contribution in [0.4, 0.5) is 5.82 Å². The van der Waals surface area contributed by atoms with Crippen LogP contribution >= 0.6 is 0 Å². The summed E-state index contributed by atoms with van der Waals surface area (Å²) < 4.78 is 5.65. The Morgan fingerprint density at radius 1 is 1.14 bits per heavy atom. The summed E-state index contributed by atoms with van der Waals surface area (Å²) in [7, 11) is 0. The van der Waals surface area contributed by atoms with Crippen molar-refractivity contribution in [2.75, 3.05) is 11.9 Å². The van der Waals surface area contributed by atoms with Crippen molar-refractivity contribution >= 4 is 5.82 Å². The number of ether oxygens (including phenoxy) is 1. The molecule has 0 saturated heterocycles. The first-order chi connectivity index (χ1) is 14.1. The fourth-order valence-electron chi connectivity index (χ4n) is 2.60. The average molecular weight is 395 g/mol. The molecule has 29 heavy (non-hydrogen) atoms. The second-order valence-electron chi connectivity index (χ2n) is 6.68. The van der Waals surface area contributed by atoms with Crippen LogP contribution in [0, 0.1) is 6.92 Å². The van der Waals surface area contributed by atoms with Crippen molar-refractivity contribution in [3.63, 3.8) is 0 Å². The number of aromatic nitrogens is 2. The minimum absolute atomic E-state index is 0.192. The largest absolute Gasteiger partial charge is 0.489 e. The van der Waals surface area contributed by atoms with E-state index in [-0.39, 0.29) is 11.6 Å². The lowest BCUT2D eigenvalue weighted by atomic mass is 10.1. The van der Waals surface area contributed by atoms with Gasteiger partial charge in [-0.25, -0.2) is 4.98 Å². The monoisotopic (exact) mass is 394 g/mol. The molecule has 4 N–H and O–H groups in total. The maximum Gasteiger partial charge on any atom is 0.290 e. The van der Waals surface area contributed by atoms with Crippen LogP contribution in [-0.4, -0.2) is 22.6 Å². The quantitative estimate of drug-likeness (QED) is 0.539. The van der Waals surface area contributed by atoms with Gasteiger partial charge >= 0.3 is 0 Å². The molecule has 154 valence electrons. The van der Waals surface area contributed by atoms with Crippen molar-refractivity contribution in [2.24, 2.45) is 5.73 Å². The van der Waals surface area contributed by atoms with Crippen molar-refractivity contribution < 1.29 is 4.74 Å². The van der Waals surface area contributed by atoms with E-state index in [1.54, 1.807) is 6.20 Å². The molecule has 1 heterocycles. The number of anilines is 1. The molecule has 1 aromatic heterocycles. The van der Waals surface area contributed by atoms with Gasteiger partial charge in [0.1, 0.15) is 12.4 Å². The van der Waals surface area contributed by atoms with E-state index in [0.29, 0.717) is 19.0 Å². The standard InChI is InChI=1S/C14H14O.C9H16N4O/c1-12-7-9-14(10-8-12)15-11-13-5-3-2-4-6-13;1-2-7(3-4-10)13-8-9(14)12-6-5-11-8/h2-10H,11H2,1H3;5-7H,2-4,10H2,1H3,(H,11,13)(H,12,14). The Hall–Kier alpha value is -3.12. The number of nitrogens with zero attached hydrogens (tertiary/aromatic N) is 1. The number of hydrogen-bond acceptors (Lipinski definition) is 5. The number of nitrogens with one attached hydrogen (secondary N) is 2. The summed E-state index contributed by atoms with van der Waals surface area (Å²) in [6.07, 6.45) is 4.83. The van der Waals surface area contributed by atoms with Gasteiger partial charge in [-0.05, 0) is 44.0 Å². The highest BCUT2D eigenvalue weighted by atomic mass is 16.5. The number of benzene rings is 2. The molecule has 2 aromatic carbocycles. The lowest BCUT2D eigenvalue weighted by molar-refractivity contribution is 0.306. The van der Waals surface area contributed by atoms with Gasteiger partial charge in [0, 0.05) is 18.4 Å². The minimum Gasteiger partial charge on any atom is -0.489 e. The average Bonchev–Trinajstić information content (AvgIpc) is 2.76. The SMILES string of the molecule is CCC(CCN)Nc1ncc[nH]c1=O.Cc1ccc(OCc2ccccc2)cc1. The van der Waals surface area contributed by atoms with Crippen LogP contribution in [0.2, 0.25) is 0 Å². The third-order valence-corrected chi connectivity index (χ3v) is 4.33. The van der Waals surface area contributed by atoms with Gasteiger partial charge in [-0.15, -0.1) is 0 Å². The Bertz CT molecular complexity index is 879. The molecular weight excluding hydrogens is 364 g/mol. The molecule has 0 saturated carbocycles. The predicted octanol–water partition coefficient (Wildman–Crippen LogP) is 3.88. The number of rotatable bonds is 8. The molecule has 0 spiro atoms. The Balaban J connectivity index is 0.000000208. The number of hydrogen-bond donors (Lipinski definition) is 3. The normalized spacial score (nSPS) is 11.1. The van der Waals surface area contributed by atoms with Gasteiger partial charge in [-0.2, -0.15) is 0 Å². The van der Waals surface area contributed by atoms with Crippen molar-refractivity contribution in [1.29, 1.82) is 0 Å². The summed E-state index contributed by atoms with van der Waals surface area (Å²) >= 11 is 0. The minimum atomic E-state index is -0.192. The van der Waals surface area contributed by atoms with E-state index in [9.17, 15) is 4.79 Å². The lowest BCUT2D eigenvalue weighted by Crippen LogP contribution is -2.26. The fourth-order valence-corrected chi connectivity index (χ4v) is 2.60. The number of aryl methyl sites for hydroxylation is 1. The number of nitrogens with two attached hydrogens (primary N) is 1. The maximum atomic E-state index is 11.3. The smallest absolute Gasteiger partial charge is 0.290 e. The molecule has 0 amide bonds. The summed E-state index contributed by atoms with van der Waals surface area (Å²) in [6.45, 7) is 5.35. The molecular formula is C23H30N4O2. The van der Waals surface area contributed by atoms with Crippen molar-refractivity contribution in [3.05, 3.63) is 88.5 Å². The topological polar surface area (TPSA) is 93.0 Å². The Labute approximate surface area is 172 Å². The highest BCUT2D eigenvalue weighted by Gasteiger charge is 2.07. The zero-order valence-corrected chi connectivity index (χ0v) is 17.1. The van der Waals surface area contributed by atoms with Gasteiger partial charge in [-0.1, -0.05) is 55.0 Å². The Morgan fingerprint density at radius 3 is 2.48 bits per heavy atom. The van der Waals surface area contributed by atoms with Crippen LogP contribution in [0.3, 0.4) is 0 Å². The highest BCUT2D eigenvalue weighted by Crippen LogP contribution is 2.13. The lowest BCUT2D eigenvalue weighted by Gasteiger charge is -2.15. The summed E-state index contributed by atoms with van der Waals surface area (Å²) in [4.78, 5) is 17.8. The fraction of sp³-hybridized carbons (Fsp3) is 0.304. The second kappa shape index (κ2) is 12.4. The van der Waals surface area contributed by atoms with Gasteiger partial charge in [0.2, 0.25) is 0 Å². The first-order valence-electron chi connectivity index (χ1n) is 9.86. The molecule has 1 atom stereocenters. The maximum absolute atomic E-state index is 11.3. The van der Waals surface area contributed by atoms with Crippen molar-refractivity contribution in [2.45, 2.75) is 39.3 Å². The molecule has 3 rings (SSSR count). The van der Waals surface area contributed by atoms with Crippen LogP contribution in [0.15, 0.2) is 71.8 Å². The van der Waals surface area contributed by atoms with Crippen LogP contribution in [0.1, 0.15) is 30.9 Å². The van der Waals surface area contributed by atoms with Gasteiger partial charge in [0.05, 0.1) is 0 Å². The second-order valence-corrected chi connectivity index (χ2v) is 6.68. The van der Waals surface area contributed by atoms with E-state index < -0.39 is 0 Å². The molecule has 3 aromatic rings. The van der Waals surface area contributed by atoms with Crippen molar-refractivity contribution in [3.8, 4) is 5.75 Å². The first-order valence-corrected chi connectivity index (χ1v) is 9.86. The predicted molar refractivity (Wildman–Crippen MR) is 118 cm³/mol. The number of H-pyrrole nitrogens is 1.